The van der Waals surface area contributed by atoms with Crippen LogP contribution in [0.3, 0.4) is 0 Å². The Labute approximate surface area is 208 Å². The Balaban J connectivity index is 1.51. The number of benzene rings is 2. The van der Waals surface area contributed by atoms with E-state index >= 15 is 0 Å². The smallest absolute Gasteiger partial charge is 0.294 e. The van der Waals surface area contributed by atoms with Crippen LogP contribution >= 0.6 is 35.1 Å². The summed E-state index contributed by atoms with van der Waals surface area (Å²) in [7, 11) is 0. The Kier molecular flexibility index (Phi) is 7.57. The minimum absolute atomic E-state index is 0.104. The zero-order chi connectivity index (χ0) is 24.2. The molecular formula is C22H18ClN3O6S2. The lowest BCUT2D eigenvalue weighted by molar-refractivity contribution is -0.387. The number of nitrogens with zero attached hydrogens (tertiary/aromatic N) is 3. The topological polar surface area (TPSA) is 110 Å². The number of carbonyl (C=O) groups is 3. The maximum absolute atomic E-state index is 12.8. The maximum atomic E-state index is 12.8. The minimum Gasteiger partial charge on any atom is -0.378 e. The standard InChI is InChI=1S/C22H18ClN3O6S2/c23-15-2-4-16(5-3-15)33-18-6-1-14(11-17(18)26(30)31)12-19-21(28)25(22(29)34-19)13-20(27)24-7-9-32-10-8-24/h1-6,11-12H,7-10,13H2/b19-12-. The summed E-state index contributed by atoms with van der Waals surface area (Å²) in [5.74, 6) is -0.926. The van der Waals surface area contributed by atoms with Gasteiger partial charge < -0.3 is 9.64 Å². The number of thioether (sulfide) groups is 1. The molecule has 2 aliphatic rings. The zero-order valence-electron chi connectivity index (χ0n) is 17.6. The van der Waals surface area contributed by atoms with E-state index in [4.69, 9.17) is 16.3 Å². The Hall–Kier alpha value is -2.86. The fraction of sp³-hybridized carbons (Fsp3) is 0.227. The Morgan fingerprint density at radius 2 is 1.88 bits per heavy atom. The van der Waals surface area contributed by atoms with Crippen LogP contribution in [0.1, 0.15) is 5.56 Å². The van der Waals surface area contributed by atoms with Crippen LogP contribution in [0, 0.1) is 10.1 Å². The highest BCUT2D eigenvalue weighted by atomic mass is 35.5. The molecule has 2 aromatic carbocycles. The summed E-state index contributed by atoms with van der Waals surface area (Å²) in [5.41, 5.74) is 0.271. The normalized spacial score (nSPS) is 17.5. The molecule has 2 aromatic rings. The number of amides is 3. The average molecular weight is 520 g/mol. The molecule has 2 heterocycles. The van der Waals surface area contributed by atoms with Gasteiger partial charge in [-0.15, -0.1) is 0 Å². The predicted molar refractivity (Wildman–Crippen MR) is 129 cm³/mol. The molecule has 0 N–H and O–H groups in total. The van der Waals surface area contributed by atoms with Crippen LogP contribution in [0.15, 0.2) is 57.2 Å². The van der Waals surface area contributed by atoms with E-state index in [0.717, 1.165) is 9.80 Å². The predicted octanol–water partition coefficient (Wildman–Crippen LogP) is 4.29. The van der Waals surface area contributed by atoms with Crippen LogP contribution in [-0.4, -0.2) is 64.6 Å². The molecule has 12 heteroatoms. The lowest BCUT2D eigenvalue weighted by Gasteiger charge is -2.28. The van der Waals surface area contributed by atoms with Gasteiger partial charge in [-0.1, -0.05) is 29.4 Å². The van der Waals surface area contributed by atoms with Gasteiger partial charge in [-0.25, -0.2) is 0 Å². The molecule has 0 atom stereocenters. The molecule has 4 rings (SSSR count). The third-order valence-corrected chi connectivity index (χ3v) is 7.28. The summed E-state index contributed by atoms with van der Waals surface area (Å²) in [4.78, 5) is 52.5. The molecule has 2 fully saturated rings. The van der Waals surface area contributed by atoms with E-state index in [9.17, 15) is 24.5 Å². The largest absolute Gasteiger partial charge is 0.378 e. The van der Waals surface area contributed by atoms with E-state index in [-0.39, 0.29) is 23.0 Å². The van der Waals surface area contributed by atoms with Crippen LogP contribution in [-0.2, 0) is 14.3 Å². The van der Waals surface area contributed by atoms with E-state index in [1.54, 1.807) is 41.3 Å². The molecule has 0 saturated carbocycles. The van der Waals surface area contributed by atoms with Crippen molar-refractivity contribution in [3.8, 4) is 0 Å². The van der Waals surface area contributed by atoms with Crippen molar-refractivity contribution in [2.75, 3.05) is 32.8 Å². The Bertz CT molecular complexity index is 1180. The van der Waals surface area contributed by atoms with Gasteiger partial charge >= 0.3 is 0 Å². The number of nitro groups is 1. The fourth-order valence-corrected chi connectivity index (χ4v) is 5.18. The molecule has 2 saturated heterocycles. The molecule has 0 aliphatic carbocycles. The molecule has 9 nitrogen and oxygen atoms in total. The number of carbonyl (C=O) groups excluding carboxylic acids is 3. The van der Waals surface area contributed by atoms with E-state index in [2.05, 4.69) is 0 Å². The second-order valence-electron chi connectivity index (χ2n) is 7.30. The monoisotopic (exact) mass is 519 g/mol. The summed E-state index contributed by atoms with van der Waals surface area (Å²) in [6.07, 6.45) is 1.42. The number of imide groups is 1. The molecule has 0 spiro atoms. The van der Waals surface area contributed by atoms with Crippen molar-refractivity contribution >= 4 is 63.9 Å². The van der Waals surface area contributed by atoms with Gasteiger partial charge in [-0.05, 0) is 53.7 Å². The maximum Gasteiger partial charge on any atom is 0.294 e. The first kappa shape index (κ1) is 24.3. The minimum atomic E-state index is -0.598. The first-order chi connectivity index (χ1) is 16.3. The number of nitro benzene ring substituents is 1. The fourth-order valence-electron chi connectivity index (χ4n) is 3.32. The summed E-state index contributed by atoms with van der Waals surface area (Å²) in [5, 5.41) is 11.7. The number of hydrogen-bond acceptors (Lipinski definition) is 8. The molecule has 3 amide bonds. The van der Waals surface area contributed by atoms with Crippen molar-refractivity contribution in [1.82, 2.24) is 9.80 Å². The highest BCUT2D eigenvalue weighted by molar-refractivity contribution is 8.18. The van der Waals surface area contributed by atoms with Crippen LogP contribution < -0.4 is 0 Å². The molecule has 0 aromatic heterocycles. The van der Waals surface area contributed by atoms with E-state index < -0.39 is 16.1 Å². The number of halogens is 1. The first-order valence-corrected chi connectivity index (χ1v) is 12.2. The van der Waals surface area contributed by atoms with E-state index in [0.29, 0.717) is 53.5 Å². The molecular weight excluding hydrogens is 502 g/mol. The van der Waals surface area contributed by atoms with E-state index in [1.165, 1.54) is 23.9 Å². The average Bonchev–Trinajstić information content (AvgIpc) is 3.09. The van der Waals surface area contributed by atoms with Gasteiger partial charge in [0, 0.05) is 29.1 Å². The quantitative estimate of drug-likeness (QED) is 0.316. The van der Waals surface area contributed by atoms with Crippen molar-refractivity contribution in [1.29, 1.82) is 0 Å². The van der Waals surface area contributed by atoms with Crippen LogP contribution in [0.2, 0.25) is 5.02 Å². The Morgan fingerprint density at radius 3 is 2.56 bits per heavy atom. The van der Waals surface area contributed by atoms with Crippen LogP contribution in [0.5, 0.6) is 0 Å². The van der Waals surface area contributed by atoms with Gasteiger partial charge in [0.1, 0.15) is 6.54 Å². The van der Waals surface area contributed by atoms with Gasteiger partial charge in [-0.2, -0.15) is 0 Å². The lowest BCUT2D eigenvalue weighted by Crippen LogP contribution is -2.46. The van der Waals surface area contributed by atoms with Gasteiger partial charge in [0.05, 0.1) is 27.9 Å². The highest BCUT2D eigenvalue weighted by Crippen LogP contribution is 2.37. The van der Waals surface area contributed by atoms with Gasteiger partial charge in [0.2, 0.25) is 5.91 Å². The third kappa shape index (κ3) is 5.61. The molecule has 0 radical (unpaired) electrons. The van der Waals surface area contributed by atoms with Gasteiger partial charge in [0.15, 0.2) is 0 Å². The second kappa shape index (κ2) is 10.6. The van der Waals surface area contributed by atoms with Crippen molar-refractivity contribution in [3.05, 3.63) is 68.1 Å². The first-order valence-electron chi connectivity index (χ1n) is 10.1. The van der Waals surface area contributed by atoms with Crippen molar-refractivity contribution < 1.29 is 24.0 Å². The van der Waals surface area contributed by atoms with Gasteiger partial charge in [0.25, 0.3) is 16.8 Å². The number of hydrogen-bond donors (Lipinski definition) is 0. The summed E-state index contributed by atoms with van der Waals surface area (Å²) < 4.78 is 5.21. The lowest BCUT2D eigenvalue weighted by atomic mass is 10.2. The highest BCUT2D eigenvalue weighted by Gasteiger charge is 2.37. The molecule has 34 heavy (non-hydrogen) atoms. The van der Waals surface area contributed by atoms with Crippen LogP contribution in [0.4, 0.5) is 10.5 Å². The zero-order valence-corrected chi connectivity index (χ0v) is 20.0. The Morgan fingerprint density at radius 1 is 1.18 bits per heavy atom. The summed E-state index contributed by atoms with van der Waals surface area (Å²) in [6, 6.07) is 11.5. The molecule has 176 valence electrons. The SMILES string of the molecule is O=C(CN1C(=O)S/C(=C\c2ccc(Sc3ccc(Cl)cc3)c([N+](=O)[O-])c2)C1=O)N1CCOCC1. The molecule has 2 aliphatic heterocycles. The number of ether oxygens (including phenoxy) is 1. The van der Waals surface area contributed by atoms with Crippen molar-refractivity contribution in [3.63, 3.8) is 0 Å². The third-order valence-electron chi connectivity index (χ3n) is 5.05. The summed E-state index contributed by atoms with van der Waals surface area (Å²) in [6.45, 7) is 1.31. The van der Waals surface area contributed by atoms with Crippen molar-refractivity contribution in [2.45, 2.75) is 9.79 Å². The van der Waals surface area contributed by atoms with Gasteiger partial charge in [-0.3, -0.25) is 29.4 Å². The molecule has 0 unspecified atom stereocenters. The molecule has 0 bridgehead atoms. The van der Waals surface area contributed by atoms with E-state index in [1.807, 2.05) is 0 Å². The van der Waals surface area contributed by atoms with Crippen LogP contribution in [0.25, 0.3) is 6.08 Å². The number of rotatable bonds is 6. The number of morpholine rings is 1. The van der Waals surface area contributed by atoms with Crippen molar-refractivity contribution in [2.24, 2.45) is 0 Å². The second-order valence-corrected chi connectivity index (χ2v) is 9.85. The summed E-state index contributed by atoms with van der Waals surface area (Å²) >= 11 is 7.81.